The van der Waals surface area contributed by atoms with Gasteiger partial charge in [-0.2, -0.15) is 0 Å². The van der Waals surface area contributed by atoms with Crippen LogP contribution in [0.3, 0.4) is 0 Å². The van der Waals surface area contributed by atoms with Crippen LogP contribution in [-0.4, -0.2) is 29.2 Å². The number of carboxylic acids is 1. The maximum atomic E-state index is 10.5. The Morgan fingerprint density at radius 3 is 2.79 bits per heavy atom. The van der Waals surface area contributed by atoms with E-state index in [1.807, 2.05) is 0 Å². The lowest BCUT2D eigenvalue weighted by atomic mass is 10.2. The van der Waals surface area contributed by atoms with E-state index in [-0.39, 0.29) is 5.75 Å². The van der Waals surface area contributed by atoms with Crippen LogP contribution in [0.5, 0.6) is 11.5 Å². The topological polar surface area (TPSA) is 98.9 Å². The van der Waals surface area contributed by atoms with Gasteiger partial charge in [-0.25, -0.2) is 4.79 Å². The van der Waals surface area contributed by atoms with Gasteiger partial charge in [-0.15, -0.1) is 0 Å². The second-order valence-electron chi connectivity index (χ2n) is 3.39. The monoisotopic (exact) mass is 267 g/mol. The molecule has 7 nitrogen and oxygen atoms in total. The molecule has 0 unspecified atom stereocenters. The molecule has 0 aliphatic carbocycles. The third kappa shape index (κ3) is 4.66. The Morgan fingerprint density at radius 1 is 1.47 bits per heavy atom. The van der Waals surface area contributed by atoms with Gasteiger partial charge in [0.2, 0.25) is 6.20 Å². The van der Waals surface area contributed by atoms with Crippen molar-refractivity contribution in [3.05, 3.63) is 40.1 Å². The molecule has 0 saturated heterocycles. The van der Waals surface area contributed by atoms with Crippen LogP contribution in [0.25, 0.3) is 6.08 Å². The average Bonchev–Trinajstić information content (AvgIpc) is 2.35. The zero-order valence-electron chi connectivity index (χ0n) is 10.2. The number of ether oxygens (including phenoxy) is 2. The van der Waals surface area contributed by atoms with E-state index in [1.54, 1.807) is 25.1 Å². The standard InChI is InChI=1S/C12H13NO6/c1-2-18-10-5-3-4-9(6-7-13(16)17)12(10)19-8-11(14)15/h3-7H,2,8H2,1H3,(H,14,15)/b7-6+. The second-order valence-corrected chi connectivity index (χ2v) is 3.39. The quantitative estimate of drug-likeness (QED) is 0.597. The molecule has 1 rings (SSSR count). The summed E-state index contributed by atoms with van der Waals surface area (Å²) in [7, 11) is 0. The molecule has 7 heteroatoms. The minimum Gasteiger partial charge on any atom is -0.490 e. The highest BCUT2D eigenvalue weighted by Gasteiger charge is 2.11. The zero-order chi connectivity index (χ0) is 14.3. The minimum absolute atomic E-state index is 0.171. The van der Waals surface area contributed by atoms with Gasteiger partial charge in [-0.05, 0) is 13.0 Å². The highest BCUT2D eigenvalue weighted by molar-refractivity contribution is 5.69. The summed E-state index contributed by atoms with van der Waals surface area (Å²) >= 11 is 0. The number of hydrogen-bond acceptors (Lipinski definition) is 5. The fourth-order valence-corrected chi connectivity index (χ4v) is 1.36. The molecule has 0 saturated carbocycles. The summed E-state index contributed by atoms with van der Waals surface area (Å²) in [6.07, 6.45) is 1.97. The Kier molecular flexibility index (Phi) is 5.34. The normalized spacial score (nSPS) is 10.4. The van der Waals surface area contributed by atoms with Crippen molar-refractivity contribution in [2.24, 2.45) is 0 Å². The molecule has 0 aliphatic rings. The number of benzene rings is 1. The molecule has 0 amide bonds. The molecule has 0 heterocycles. The number of rotatable bonds is 7. The zero-order valence-corrected chi connectivity index (χ0v) is 10.2. The number of carboxylic acid groups (broad SMARTS) is 1. The Hall–Kier alpha value is -2.57. The van der Waals surface area contributed by atoms with E-state index in [9.17, 15) is 14.9 Å². The Labute approximate surface area is 109 Å². The molecule has 0 bridgehead atoms. The lowest BCUT2D eigenvalue weighted by Gasteiger charge is -2.12. The van der Waals surface area contributed by atoms with Crippen molar-refractivity contribution in [3.8, 4) is 11.5 Å². The number of para-hydroxylation sites is 1. The van der Waals surface area contributed by atoms with Crippen molar-refractivity contribution in [1.82, 2.24) is 0 Å². The molecule has 19 heavy (non-hydrogen) atoms. The highest BCUT2D eigenvalue weighted by Crippen LogP contribution is 2.32. The summed E-state index contributed by atoms with van der Waals surface area (Å²) in [5, 5.41) is 18.9. The first-order chi connectivity index (χ1) is 9.04. The maximum Gasteiger partial charge on any atom is 0.341 e. The summed E-state index contributed by atoms with van der Waals surface area (Å²) in [6.45, 7) is 1.58. The summed E-state index contributed by atoms with van der Waals surface area (Å²) in [4.78, 5) is 20.2. The number of aliphatic carboxylic acids is 1. The molecular weight excluding hydrogens is 254 g/mol. The number of hydrogen-bond donors (Lipinski definition) is 1. The fourth-order valence-electron chi connectivity index (χ4n) is 1.36. The summed E-state index contributed by atoms with van der Waals surface area (Å²) in [5.74, 6) is -0.630. The third-order valence-corrected chi connectivity index (χ3v) is 2.02. The van der Waals surface area contributed by atoms with Crippen molar-refractivity contribution in [2.45, 2.75) is 6.92 Å². The predicted octanol–water partition coefficient (Wildman–Crippen LogP) is 1.80. The number of nitrogens with zero attached hydrogens (tertiary/aromatic N) is 1. The first kappa shape index (κ1) is 14.5. The van der Waals surface area contributed by atoms with E-state index >= 15 is 0 Å². The second kappa shape index (κ2) is 7.00. The molecule has 0 fully saturated rings. The van der Waals surface area contributed by atoms with Gasteiger partial charge in [0, 0.05) is 11.6 Å². The van der Waals surface area contributed by atoms with E-state index in [2.05, 4.69) is 0 Å². The largest absolute Gasteiger partial charge is 0.490 e. The lowest BCUT2D eigenvalue weighted by Crippen LogP contribution is -2.11. The van der Waals surface area contributed by atoms with Gasteiger partial charge in [0.05, 0.1) is 11.5 Å². The molecular formula is C12H13NO6. The predicted molar refractivity (Wildman–Crippen MR) is 66.8 cm³/mol. The van der Waals surface area contributed by atoms with Crippen LogP contribution in [0.4, 0.5) is 0 Å². The van der Waals surface area contributed by atoms with Gasteiger partial charge < -0.3 is 14.6 Å². The van der Waals surface area contributed by atoms with Crippen LogP contribution in [0.1, 0.15) is 12.5 Å². The van der Waals surface area contributed by atoms with E-state index in [0.29, 0.717) is 17.9 Å². The Morgan fingerprint density at radius 2 is 2.21 bits per heavy atom. The van der Waals surface area contributed by atoms with Crippen LogP contribution < -0.4 is 9.47 Å². The summed E-state index contributed by atoms with van der Waals surface area (Å²) < 4.78 is 10.4. The van der Waals surface area contributed by atoms with Crippen LogP contribution in [0.15, 0.2) is 24.4 Å². The van der Waals surface area contributed by atoms with Crippen LogP contribution in [-0.2, 0) is 4.79 Å². The molecule has 1 N–H and O–H groups in total. The maximum absolute atomic E-state index is 10.5. The first-order valence-electron chi connectivity index (χ1n) is 5.46. The van der Waals surface area contributed by atoms with Gasteiger partial charge >= 0.3 is 5.97 Å². The fraction of sp³-hybridized carbons (Fsp3) is 0.250. The molecule has 102 valence electrons. The average molecular weight is 267 g/mol. The van der Waals surface area contributed by atoms with E-state index in [1.165, 1.54) is 6.08 Å². The Bertz CT molecular complexity index is 497. The highest BCUT2D eigenvalue weighted by atomic mass is 16.6. The van der Waals surface area contributed by atoms with Crippen molar-refractivity contribution in [1.29, 1.82) is 0 Å². The van der Waals surface area contributed by atoms with Crippen molar-refractivity contribution >= 4 is 12.0 Å². The number of nitro groups is 1. The molecule has 1 aromatic rings. The molecule has 1 aromatic carbocycles. The van der Waals surface area contributed by atoms with Crippen LogP contribution >= 0.6 is 0 Å². The van der Waals surface area contributed by atoms with Crippen LogP contribution in [0, 0.1) is 10.1 Å². The molecule has 0 radical (unpaired) electrons. The van der Waals surface area contributed by atoms with Crippen LogP contribution in [0.2, 0.25) is 0 Å². The van der Waals surface area contributed by atoms with Crippen molar-refractivity contribution in [2.75, 3.05) is 13.2 Å². The SMILES string of the molecule is CCOc1cccc(/C=C/[N+](=O)[O-])c1OCC(=O)O. The Balaban J connectivity index is 3.09. The van der Waals surface area contributed by atoms with Crippen molar-refractivity contribution < 1.29 is 24.3 Å². The van der Waals surface area contributed by atoms with Gasteiger partial charge in [0.15, 0.2) is 18.1 Å². The summed E-state index contributed by atoms with van der Waals surface area (Å²) in [5.41, 5.74) is 0.379. The smallest absolute Gasteiger partial charge is 0.341 e. The third-order valence-electron chi connectivity index (χ3n) is 2.02. The van der Waals surface area contributed by atoms with E-state index < -0.39 is 17.5 Å². The van der Waals surface area contributed by atoms with Gasteiger partial charge in [-0.3, -0.25) is 10.1 Å². The van der Waals surface area contributed by atoms with Gasteiger partial charge in [-0.1, -0.05) is 12.1 Å². The molecule has 0 aromatic heterocycles. The lowest BCUT2D eigenvalue weighted by molar-refractivity contribution is -0.400. The number of carbonyl (C=O) groups is 1. The van der Waals surface area contributed by atoms with Gasteiger partial charge in [0.25, 0.3) is 0 Å². The molecule has 0 atom stereocenters. The first-order valence-corrected chi connectivity index (χ1v) is 5.46. The minimum atomic E-state index is -1.14. The van der Waals surface area contributed by atoms with E-state index in [4.69, 9.17) is 14.6 Å². The molecule has 0 aliphatic heterocycles. The molecule has 0 spiro atoms. The summed E-state index contributed by atoms with van der Waals surface area (Å²) in [6, 6.07) is 4.81. The van der Waals surface area contributed by atoms with Gasteiger partial charge in [0.1, 0.15) is 0 Å². The van der Waals surface area contributed by atoms with E-state index in [0.717, 1.165) is 6.20 Å². The van der Waals surface area contributed by atoms with Crippen molar-refractivity contribution in [3.63, 3.8) is 0 Å².